The van der Waals surface area contributed by atoms with Crippen LogP contribution in [0.4, 0.5) is 13.2 Å². The van der Waals surface area contributed by atoms with Crippen molar-refractivity contribution in [2.24, 2.45) is 0 Å². The van der Waals surface area contributed by atoms with Crippen molar-refractivity contribution in [3.8, 4) is 11.8 Å². The Morgan fingerprint density at radius 3 is 2.38 bits per heavy atom. The maximum absolute atomic E-state index is 11.9. The van der Waals surface area contributed by atoms with E-state index in [1.54, 1.807) is 6.07 Å². The fourth-order valence-electron chi connectivity index (χ4n) is 1.04. The molecule has 16 heavy (non-hydrogen) atoms. The second-order valence-electron chi connectivity index (χ2n) is 2.79. The quantitative estimate of drug-likeness (QED) is 0.709. The van der Waals surface area contributed by atoms with Crippen LogP contribution in [0.1, 0.15) is 5.56 Å². The van der Waals surface area contributed by atoms with Crippen LogP contribution < -0.4 is 10.2 Å². The molecule has 0 atom stereocenters. The zero-order valence-electron chi connectivity index (χ0n) is 7.69. The summed E-state index contributed by atoms with van der Waals surface area (Å²) in [7, 11) is -2.15. The molecule has 0 aromatic heterocycles. The Kier molecular flexibility index (Phi) is 3.42. The van der Waals surface area contributed by atoms with Gasteiger partial charge in [-0.2, -0.15) is 5.26 Å². The molecule has 0 radical (unpaired) electrons. The predicted octanol–water partition coefficient (Wildman–Crippen LogP) is 0.137. The molecule has 0 fully saturated rings. The molecule has 0 aliphatic heterocycles. The van der Waals surface area contributed by atoms with Crippen LogP contribution in [0.3, 0.4) is 0 Å². The van der Waals surface area contributed by atoms with E-state index in [9.17, 15) is 13.2 Å². The van der Waals surface area contributed by atoms with E-state index in [1.165, 1.54) is 0 Å². The average molecular weight is 231 g/mol. The first-order valence-electron chi connectivity index (χ1n) is 3.99. The number of nitriles is 1. The van der Waals surface area contributed by atoms with Gasteiger partial charge in [-0.1, -0.05) is 0 Å². The highest BCUT2D eigenvalue weighted by Crippen LogP contribution is 2.21. The van der Waals surface area contributed by atoms with Crippen LogP contribution in [-0.4, -0.2) is 23.5 Å². The zero-order valence-corrected chi connectivity index (χ0v) is 7.69. The lowest BCUT2D eigenvalue weighted by Crippen LogP contribution is -2.34. The van der Waals surface area contributed by atoms with Gasteiger partial charge in [0.2, 0.25) is 0 Å². The lowest BCUT2D eigenvalue weighted by Gasteiger charge is -2.12. The standard InChI is InChI=1S/C8H5BF3NO3/c10-8(11,12)16-7-2-1-5(4-13)3-6(7)9(14)15/h1-3,14-15H. The minimum absolute atomic E-state index is 0.00220. The third-order valence-electron chi connectivity index (χ3n) is 1.64. The van der Waals surface area contributed by atoms with Gasteiger partial charge in [0.15, 0.2) is 0 Å². The lowest BCUT2D eigenvalue weighted by molar-refractivity contribution is -0.274. The molecule has 8 heteroatoms. The van der Waals surface area contributed by atoms with Crippen LogP contribution in [0.2, 0.25) is 0 Å². The van der Waals surface area contributed by atoms with Crippen molar-refractivity contribution < 1.29 is 28.0 Å². The van der Waals surface area contributed by atoms with Gasteiger partial charge < -0.3 is 14.8 Å². The molecule has 1 aromatic rings. The van der Waals surface area contributed by atoms with Gasteiger partial charge in [-0.05, 0) is 18.2 Å². The first-order chi connectivity index (χ1) is 7.33. The van der Waals surface area contributed by atoms with Gasteiger partial charge in [0.05, 0.1) is 11.6 Å². The maximum Gasteiger partial charge on any atom is 0.573 e. The highest BCUT2D eigenvalue weighted by Gasteiger charge is 2.33. The summed E-state index contributed by atoms with van der Waals surface area (Å²) in [4.78, 5) is 0. The minimum atomic E-state index is -4.93. The molecular formula is C8H5BF3NO3. The number of halogens is 3. The van der Waals surface area contributed by atoms with Crippen LogP contribution in [0.15, 0.2) is 18.2 Å². The fraction of sp³-hybridized carbons (Fsp3) is 0.125. The topological polar surface area (TPSA) is 73.5 Å². The molecule has 0 spiro atoms. The number of rotatable bonds is 2. The molecule has 0 unspecified atom stereocenters. The second-order valence-corrected chi connectivity index (χ2v) is 2.79. The molecule has 4 nitrogen and oxygen atoms in total. The van der Waals surface area contributed by atoms with E-state index in [4.69, 9.17) is 15.3 Å². The Balaban J connectivity index is 3.14. The van der Waals surface area contributed by atoms with Crippen LogP contribution in [0.5, 0.6) is 5.75 Å². The molecule has 0 heterocycles. The number of nitrogens with zero attached hydrogens (tertiary/aromatic N) is 1. The smallest absolute Gasteiger partial charge is 0.423 e. The van der Waals surface area contributed by atoms with Crippen molar-refractivity contribution in [2.75, 3.05) is 0 Å². The van der Waals surface area contributed by atoms with Crippen molar-refractivity contribution in [2.45, 2.75) is 6.36 Å². The third-order valence-corrected chi connectivity index (χ3v) is 1.64. The van der Waals surface area contributed by atoms with Gasteiger partial charge in [0, 0.05) is 5.46 Å². The van der Waals surface area contributed by atoms with Crippen LogP contribution >= 0.6 is 0 Å². The Morgan fingerprint density at radius 1 is 1.31 bits per heavy atom. The summed E-state index contributed by atoms with van der Waals surface area (Å²) >= 11 is 0. The largest absolute Gasteiger partial charge is 0.573 e. The number of benzene rings is 1. The Morgan fingerprint density at radius 2 is 1.94 bits per heavy atom. The zero-order chi connectivity index (χ0) is 12.3. The molecule has 0 saturated heterocycles. The van der Waals surface area contributed by atoms with E-state index in [-0.39, 0.29) is 5.56 Å². The van der Waals surface area contributed by atoms with Crippen LogP contribution in [0.25, 0.3) is 0 Å². The molecule has 0 bridgehead atoms. The molecule has 84 valence electrons. The summed E-state index contributed by atoms with van der Waals surface area (Å²) in [6, 6.07) is 4.49. The van der Waals surface area contributed by atoms with Crippen molar-refractivity contribution >= 4 is 12.6 Å². The number of ether oxygens (including phenoxy) is 1. The summed E-state index contributed by atoms with van der Waals surface area (Å²) in [6.45, 7) is 0. The van der Waals surface area contributed by atoms with Gasteiger partial charge in [-0.15, -0.1) is 13.2 Å². The van der Waals surface area contributed by atoms with Crippen LogP contribution in [-0.2, 0) is 0 Å². The summed E-state index contributed by atoms with van der Waals surface area (Å²) in [5, 5.41) is 26.1. The van der Waals surface area contributed by atoms with Crippen molar-refractivity contribution in [3.63, 3.8) is 0 Å². The predicted molar refractivity (Wildman–Crippen MR) is 47.7 cm³/mol. The number of hydrogen-bond donors (Lipinski definition) is 2. The summed E-state index contributed by atoms with van der Waals surface area (Å²) in [5.41, 5.74) is -0.519. The molecule has 1 aromatic carbocycles. The Hall–Kier alpha value is -1.72. The van der Waals surface area contributed by atoms with Gasteiger partial charge in [-0.25, -0.2) is 0 Å². The van der Waals surface area contributed by atoms with E-state index in [2.05, 4.69) is 4.74 Å². The number of alkyl halides is 3. The Bertz CT molecular complexity index is 428. The van der Waals surface area contributed by atoms with E-state index in [0.717, 1.165) is 18.2 Å². The Labute approximate surface area is 88.6 Å². The minimum Gasteiger partial charge on any atom is -0.423 e. The summed E-state index contributed by atoms with van der Waals surface area (Å²) in [5.74, 6) is -0.749. The highest BCUT2D eigenvalue weighted by atomic mass is 19.4. The maximum atomic E-state index is 11.9. The first kappa shape index (κ1) is 12.4. The van der Waals surface area contributed by atoms with Gasteiger partial charge in [-0.3, -0.25) is 0 Å². The van der Waals surface area contributed by atoms with Crippen molar-refractivity contribution in [1.82, 2.24) is 0 Å². The second kappa shape index (κ2) is 4.43. The van der Waals surface area contributed by atoms with E-state index in [0.29, 0.717) is 0 Å². The van der Waals surface area contributed by atoms with Gasteiger partial charge in [0.1, 0.15) is 5.75 Å². The molecule has 0 aliphatic rings. The average Bonchev–Trinajstić information content (AvgIpc) is 2.15. The van der Waals surface area contributed by atoms with Gasteiger partial charge in [0.25, 0.3) is 0 Å². The molecular weight excluding hydrogens is 226 g/mol. The lowest BCUT2D eigenvalue weighted by atomic mass is 9.79. The third kappa shape index (κ3) is 3.15. The normalized spacial score (nSPS) is 10.8. The molecule has 0 amide bonds. The summed E-state index contributed by atoms with van der Waals surface area (Å²) < 4.78 is 39.3. The van der Waals surface area contributed by atoms with E-state index >= 15 is 0 Å². The van der Waals surface area contributed by atoms with Crippen molar-refractivity contribution in [3.05, 3.63) is 23.8 Å². The van der Waals surface area contributed by atoms with Crippen LogP contribution in [0, 0.1) is 11.3 Å². The monoisotopic (exact) mass is 231 g/mol. The molecule has 2 N–H and O–H groups in total. The van der Waals surface area contributed by atoms with Crippen molar-refractivity contribution in [1.29, 1.82) is 5.26 Å². The number of hydrogen-bond acceptors (Lipinski definition) is 4. The summed E-state index contributed by atoms with van der Waals surface area (Å²) in [6.07, 6.45) is -4.93. The van der Waals surface area contributed by atoms with Gasteiger partial charge >= 0.3 is 13.5 Å². The highest BCUT2D eigenvalue weighted by molar-refractivity contribution is 6.59. The fourth-order valence-corrected chi connectivity index (χ4v) is 1.04. The molecule has 0 aliphatic carbocycles. The SMILES string of the molecule is N#Cc1ccc(OC(F)(F)F)c(B(O)O)c1. The van der Waals surface area contributed by atoms with E-state index in [1.807, 2.05) is 0 Å². The molecule has 0 saturated carbocycles. The first-order valence-corrected chi connectivity index (χ1v) is 3.99. The van der Waals surface area contributed by atoms with E-state index < -0.39 is 24.7 Å². The molecule has 1 rings (SSSR count).